The number of carbonyl (C=O) groups excluding carboxylic acids is 1. The lowest BCUT2D eigenvalue weighted by atomic mass is 10.1. The Morgan fingerprint density at radius 1 is 0.933 bits per heavy atom. The third-order valence-electron chi connectivity index (χ3n) is 3.70. The standard InChI is InChI=1S/C19H24N2O3.C2H2O4/c1-15(22)21-12-11-20-13-16-7-9-18(10-8-16)24-14-19(23)17-5-3-2-4-6-17;3-1(4)2(5)6/h2-10,19-20,23H,11-14H2,1H3,(H,21,22);(H,3,4)(H,5,6). The molecule has 9 nitrogen and oxygen atoms in total. The fraction of sp³-hybridized carbons (Fsp3) is 0.286. The molecule has 0 saturated carbocycles. The van der Waals surface area contributed by atoms with E-state index in [0.717, 1.165) is 30.0 Å². The summed E-state index contributed by atoms with van der Waals surface area (Å²) >= 11 is 0. The highest BCUT2D eigenvalue weighted by molar-refractivity contribution is 6.27. The van der Waals surface area contributed by atoms with Gasteiger partial charge in [0.05, 0.1) is 0 Å². The van der Waals surface area contributed by atoms with Crippen molar-refractivity contribution in [3.63, 3.8) is 0 Å². The summed E-state index contributed by atoms with van der Waals surface area (Å²) in [5.41, 5.74) is 1.98. The highest BCUT2D eigenvalue weighted by atomic mass is 16.5. The van der Waals surface area contributed by atoms with E-state index in [1.165, 1.54) is 6.92 Å². The predicted molar refractivity (Wildman–Crippen MR) is 109 cm³/mol. The minimum Gasteiger partial charge on any atom is -0.491 e. The van der Waals surface area contributed by atoms with Gasteiger partial charge >= 0.3 is 11.9 Å². The van der Waals surface area contributed by atoms with Gasteiger partial charge in [-0.25, -0.2) is 9.59 Å². The van der Waals surface area contributed by atoms with Crippen LogP contribution >= 0.6 is 0 Å². The lowest BCUT2D eigenvalue weighted by molar-refractivity contribution is -0.159. The van der Waals surface area contributed by atoms with E-state index in [4.69, 9.17) is 24.5 Å². The quantitative estimate of drug-likeness (QED) is 0.301. The number of aliphatic hydroxyl groups is 1. The van der Waals surface area contributed by atoms with Crippen molar-refractivity contribution in [3.05, 3.63) is 65.7 Å². The minimum atomic E-state index is -1.82. The fourth-order valence-electron chi connectivity index (χ4n) is 2.21. The van der Waals surface area contributed by atoms with Crippen LogP contribution in [0.5, 0.6) is 5.75 Å². The maximum Gasteiger partial charge on any atom is 0.414 e. The smallest absolute Gasteiger partial charge is 0.414 e. The molecule has 0 aliphatic heterocycles. The van der Waals surface area contributed by atoms with E-state index in [9.17, 15) is 9.90 Å². The first-order chi connectivity index (χ1) is 14.3. The molecule has 0 heterocycles. The number of carboxylic acid groups (broad SMARTS) is 2. The van der Waals surface area contributed by atoms with Gasteiger partial charge in [0.1, 0.15) is 18.5 Å². The normalized spacial score (nSPS) is 10.9. The van der Waals surface area contributed by atoms with Crippen molar-refractivity contribution in [2.24, 2.45) is 0 Å². The average Bonchev–Trinajstić information content (AvgIpc) is 2.73. The monoisotopic (exact) mass is 418 g/mol. The third-order valence-corrected chi connectivity index (χ3v) is 3.70. The number of aliphatic carboxylic acids is 2. The van der Waals surface area contributed by atoms with Gasteiger partial charge in [0.15, 0.2) is 0 Å². The van der Waals surface area contributed by atoms with E-state index in [-0.39, 0.29) is 12.5 Å². The Bertz CT molecular complexity index is 783. The molecule has 0 radical (unpaired) electrons. The van der Waals surface area contributed by atoms with Crippen LogP contribution < -0.4 is 15.4 Å². The van der Waals surface area contributed by atoms with E-state index in [1.54, 1.807) is 0 Å². The molecule has 0 aliphatic rings. The second kappa shape index (κ2) is 13.7. The number of ether oxygens (including phenoxy) is 1. The number of amides is 1. The molecule has 2 aromatic rings. The largest absolute Gasteiger partial charge is 0.491 e. The first-order valence-corrected chi connectivity index (χ1v) is 9.15. The molecule has 30 heavy (non-hydrogen) atoms. The Balaban J connectivity index is 0.000000656. The van der Waals surface area contributed by atoms with Crippen molar-refractivity contribution >= 4 is 17.8 Å². The molecule has 2 aromatic carbocycles. The van der Waals surface area contributed by atoms with Crippen LogP contribution in [0.25, 0.3) is 0 Å². The Kier molecular flexibility index (Phi) is 11.2. The predicted octanol–water partition coefficient (Wildman–Crippen LogP) is 1.18. The van der Waals surface area contributed by atoms with Crippen LogP contribution in [0.15, 0.2) is 54.6 Å². The van der Waals surface area contributed by atoms with Crippen molar-refractivity contribution in [2.45, 2.75) is 19.6 Å². The molecule has 1 amide bonds. The molecule has 1 unspecified atom stereocenters. The Morgan fingerprint density at radius 2 is 1.53 bits per heavy atom. The Hall–Kier alpha value is -3.43. The molecule has 0 fully saturated rings. The third kappa shape index (κ3) is 10.8. The number of hydrogen-bond acceptors (Lipinski definition) is 6. The van der Waals surface area contributed by atoms with Gasteiger partial charge in [-0.05, 0) is 23.3 Å². The fourth-order valence-corrected chi connectivity index (χ4v) is 2.21. The summed E-state index contributed by atoms with van der Waals surface area (Å²) in [6, 6.07) is 17.2. The van der Waals surface area contributed by atoms with Gasteiger partial charge in [-0.3, -0.25) is 4.79 Å². The zero-order valence-corrected chi connectivity index (χ0v) is 16.6. The van der Waals surface area contributed by atoms with Crippen LogP contribution in [-0.4, -0.2) is 52.9 Å². The van der Waals surface area contributed by atoms with Crippen molar-refractivity contribution in [2.75, 3.05) is 19.7 Å². The minimum absolute atomic E-state index is 0.0176. The number of nitrogens with one attached hydrogen (secondary N) is 2. The van der Waals surface area contributed by atoms with Crippen LogP contribution in [0.1, 0.15) is 24.2 Å². The molecule has 0 bridgehead atoms. The van der Waals surface area contributed by atoms with Crippen molar-refractivity contribution in [3.8, 4) is 5.75 Å². The molecule has 162 valence electrons. The number of hydrogen-bond donors (Lipinski definition) is 5. The number of rotatable bonds is 9. The van der Waals surface area contributed by atoms with Gasteiger partial charge in [-0.2, -0.15) is 0 Å². The molecule has 0 saturated heterocycles. The van der Waals surface area contributed by atoms with Gasteiger partial charge in [-0.15, -0.1) is 0 Å². The number of carbonyl (C=O) groups is 3. The van der Waals surface area contributed by atoms with Gasteiger partial charge in [0.2, 0.25) is 5.91 Å². The number of carboxylic acids is 2. The second-order valence-corrected chi connectivity index (χ2v) is 6.15. The zero-order chi connectivity index (χ0) is 22.4. The Labute approximate surface area is 174 Å². The molecule has 9 heteroatoms. The summed E-state index contributed by atoms with van der Waals surface area (Å²) < 4.78 is 5.63. The maximum atomic E-state index is 10.7. The average molecular weight is 418 g/mol. The summed E-state index contributed by atoms with van der Waals surface area (Å²) in [5, 5.41) is 30.8. The van der Waals surface area contributed by atoms with Crippen LogP contribution in [0.2, 0.25) is 0 Å². The highest BCUT2D eigenvalue weighted by Crippen LogP contribution is 2.16. The summed E-state index contributed by atoms with van der Waals surface area (Å²) in [6.07, 6.45) is -0.638. The van der Waals surface area contributed by atoms with Crippen LogP contribution in [0.4, 0.5) is 0 Å². The number of aliphatic hydroxyl groups excluding tert-OH is 1. The summed E-state index contributed by atoms with van der Waals surface area (Å²) in [5.74, 6) is -2.94. The lowest BCUT2D eigenvalue weighted by Crippen LogP contribution is -2.29. The van der Waals surface area contributed by atoms with E-state index in [2.05, 4.69) is 10.6 Å². The Morgan fingerprint density at radius 3 is 2.07 bits per heavy atom. The molecular weight excluding hydrogens is 392 g/mol. The summed E-state index contributed by atoms with van der Waals surface area (Å²) in [4.78, 5) is 28.9. The molecular formula is C21H26N2O7. The summed E-state index contributed by atoms with van der Waals surface area (Å²) in [6.45, 7) is 3.80. The topological polar surface area (TPSA) is 145 Å². The molecule has 2 rings (SSSR count). The van der Waals surface area contributed by atoms with Gasteiger partial charge in [0.25, 0.3) is 0 Å². The number of benzene rings is 2. The lowest BCUT2D eigenvalue weighted by Gasteiger charge is -2.13. The van der Waals surface area contributed by atoms with E-state index in [0.29, 0.717) is 6.54 Å². The van der Waals surface area contributed by atoms with E-state index < -0.39 is 18.0 Å². The first kappa shape index (κ1) is 24.6. The first-order valence-electron chi connectivity index (χ1n) is 9.15. The van der Waals surface area contributed by atoms with Crippen LogP contribution in [0.3, 0.4) is 0 Å². The van der Waals surface area contributed by atoms with Crippen molar-refractivity contribution < 1.29 is 34.4 Å². The molecule has 5 N–H and O–H groups in total. The molecule has 0 aromatic heterocycles. The van der Waals surface area contributed by atoms with Crippen LogP contribution in [-0.2, 0) is 20.9 Å². The maximum absolute atomic E-state index is 10.7. The summed E-state index contributed by atoms with van der Waals surface area (Å²) in [7, 11) is 0. The van der Waals surface area contributed by atoms with Crippen LogP contribution in [0, 0.1) is 0 Å². The van der Waals surface area contributed by atoms with Crippen molar-refractivity contribution in [1.82, 2.24) is 10.6 Å². The SMILES string of the molecule is CC(=O)NCCNCc1ccc(OCC(O)c2ccccc2)cc1.O=C(O)C(=O)O. The second-order valence-electron chi connectivity index (χ2n) is 6.15. The molecule has 0 aliphatic carbocycles. The molecule has 0 spiro atoms. The highest BCUT2D eigenvalue weighted by Gasteiger charge is 2.07. The zero-order valence-electron chi connectivity index (χ0n) is 16.6. The van der Waals surface area contributed by atoms with E-state index in [1.807, 2.05) is 54.6 Å². The van der Waals surface area contributed by atoms with Gasteiger partial charge in [0, 0.05) is 26.6 Å². The van der Waals surface area contributed by atoms with Gasteiger partial charge < -0.3 is 30.7 Å². The van der Waals surface area contributed by atoms with E-state index >= 15 is 0 Å². The van der Waals surface area contributed by atoms with Crippen molar-refractivity contribution in [1.29, 1.82) is 0 Å². The molecule has 1 atom stereocenters. The van der Waals surface area contributed by atoms with Gasteiger partial charge in [-0.1, -0.05) is 42.5 Å².